The number of sulfonamides is 1. The molecule has 2 aromatic rings. The maximum Gasteiger partial charge on any atom is 0.246 e. The molecule has 0 unspecified atom stereocenters. The molecule has 162 valence electrons. The van der Waals surface area contributed by atoms with Crippen LogP contribution in [0.2, 0.25) is 10.0 Å². The summed E-state index contributed by atoms with van der Waals surface area (Å²) in [7, 11) is -2.27. The summed E-state index contributed by atoms with van der Waals surface area (Å²) in [5.41, 5.74) is 1.61. The second-order valence-corrected chi connectivity index (χ2v) is 9.67. The monoisotopic (exact) mass is 471 g/mol. The number of nitrogens with one attached hydrogen (secondary N) is 1. The van der Waals surface area contributed by atoms with Gasteiger partial charge in [-0.05, 0) is 36.8 Å². The first-order chi connectivity index (χ1) is 14.2. The molecule has 3 rings (SSSR count). The van der Waals surface area contributed by atoms with Gasteiger partial charge in [0.25, 0.3) is 0 Å². The minimum Gasteiger partial charge on any atom is -0.495 e. The number of carbonyl (C=O) groups is 1. The third-order valence-electron chi connectivity index (χ3n) is 4.84. The first-order valence-electron chi connectivity index (χ1n) is 9.33. The van der Waals surface area contributed by atoms with Crippen molar-refractivity contribution in [3.8, 4) is 5.75 Å². The highest BCUT2D eigenvalue weighted by atomic mass is 35.5. The van der Waals surface area contributed by atoms with Crippen molar-refractivity contribution in [3.63, 3.8) is 0 Å². The molecule has 1 N–H and O–H groups in total. The number of methoxy groups -OCH3 is 1. The Bertz CT molecular complexity index is 1020. The summed E-state index contributed by atoms with van der Waals surface area (Å²) in [6.07, 6.45) is 0. The molecule has 1 saturated heterocycles. The average Bonchev–Trinajstić information content (AvgIpc) is 2.68. The highest BCUT2D eigenvalue weighted by Gasteiger charge is 2.32. The third-order valence-corrected chi connectivity index (χ3v) is 7.70. The van der Waals surface area contributed by atoms with Gasteiger partial charge in [-0.1, -0.05) is 35.3 Å². The van der Waals surface area contributed by atoms with Crippen LogP contribution in [0.5, 0.6) is 5.75 Å². The summed E-state index contributed by atoms with van der Waals surface area (Å²) >= 11 is 12.2. The van der Waals surface area contributed by atoms with Crippen molar-refractivity contribution in [1.29, 1.82) is 0 Å². The Morgan fingerprint density at radius 2 is 1.73 bits per heavy atom. The van der Waals surface area contributed by atoms with Gasteiger partial charge in [0.2, 0.25) is 15.9 Å². The molecule has 0 aromatic heterocycles. The minimum atomic E-state index is -3.81. The molecule has 0 radical (unpaired) electrons. The molecule has 2 aromatic carbocycles. The predicted octanol–water partition coefficient (Wildman–Crippen LogP) is 3.26. The van der Waals surface area contributed by atoms with Crippen LogP contribution in [0.4, 0.5) is 5.69 Å². The Hall–Kier alpha value is -1.84. The Balaban J connectivity index is 1.61. The fourth-order valence-electron chi connectivity index (χ4n) is 3.30. The first-order valence-corrected chi connectivity index (χ1v) is 11.5. The lowest BCUT2D eigenvalue weighted by atomic mass is 10.2. The van der Waals surface area contributed by atoms with Gasteiger partial charge in [-0.15, -0.1) is 0 Å². The number of ether oxygens (including phenoxy) is 1. The van der Waals surface area contributed by atoms with Gasteiger partial charge >= 0.3 is 0 Å². The van der Waals surface area contributed by atoms with Crippen LogP contribution in [0, 0.1) is 6.92 Å². The smallest absolute Gasteiger partial charge is 0.246 e. The van der Waals surface area contributed by atoms with E-state index in [1.807, 2.05) is 24.0 Å². The van der Waals surface area contributed by atoms with Crippen LogP contribution in [0.25, 0.3) is 0 Å². The SMILES string of the molecule is COc1ccc(C)cc1NC(=O)CN1CCN(S(=O)(=O)c2c(Cl)cccc2Cl)CC1. The number of aryl methyl sites for hydroxylation is 1. The predicted molar refractivity (Wildman–Crippen MR) is 118 cm³/mol. The van der Waals surface area contributed by atoms with E-state index in [-0.39, 0.29) is 40.5 Å². The van der Waals surface area contributed by atoms with Gasteiger partial charge in [-0.25, -0.2) is 8.42 Å². The molecule has 0 aliphatic carbocycles. The van der Waals surface area contributed by atoms with Crippen molar-refractivity contribution in [2.45, 2.75) is 11.8 Å². The van der Waals surface area contributed by atoms with Crippen LogP contribution < -0.4 is 10.1 Å². The molecule has 1 aliphatic rings. The normalized spacial score (nSPS) is 15.7. The molecule has 1 aliphatic heterocycles. The Labute approximate surface area is 186 Å². The van der Waals surface area contributed by atoms with Crippen LogP contribution in [0.3, 0.4) is 0 Å². The van der Waals surface area contributed by atoms with Crippen molar-refractivity contribution in [1.82, 2.24) is 9.21 Å². The lowest BCUT2D eigenvalue weighted by Gasteiger charge is -2.33. The number of nitrogens with zero attached hydrogens (tertiary/aromatic N) is 2. The quantitative estimate of drug-likeness (QED) is 0.699. The number of anilines is 1. The van der Waals surface area contributed by atoms with Crippen LogP contribution in [0.15, 0.2) is 41.3 Å². The minimum absolute atomic E-state index is 0.0777. The van der Waals surface area contributed by atoms with Crippen LogP contribution in [-0.4, -0.2) is 63.4 Å². The van der Waals surface area contributed by atoms with Gasteiger partial charge in [0, 0.05) is 26.2 Å². The van der Waals surface area contributed by atoms with Crippen molar-refractivity contribution in [3.05, 3.63) is 52.0 Å². The number of rotatable bonds is 6. The van der Waals surface area contributed by atoms with E-state index >= 15 is 0 Å². The van der Waals surface area contributed by atoms with Crippen molar-refractivity contribution < 1.29 is 17.9 Å². The molecular weight excluding hydrogens is 449 g/mol. The highest BCUT2D eigenvalue weighted by molar-refractivity contribution is 7.89. The summed E-state index contributed by atoms with van der Waals surface area (Å²) in [4.78, 5) is 14.3. The molecule has 1 fully saturated rings. The second kappa shape index (κ2) is 9.53. The highest BCUT2D eigenvalue weighted by Crippen LogP contribution is 2.32. The van der Waals surface area contributed by atoms with E-state index in [1.54, 1.807) is 19.2 Å². The van der Waals surface area contributed by atoms with Gasteiger partial charge in [0.15, 0.2) is 0 Å². The topological polar surface area (TPSA) is 79.0 Å². The lowest BCUT2D eigenvalue weighted by molar-refractivity contribution is -0.117. The van der Waals surface area contributed by atoms with Gasteiger partial charge in [-0.3, -0.25) is 9.69 Å². The van der Waals surface area contributed by atoms with E-state index in [0.29, 0.717) is 24.5 Å². The molecule has 0 bridgehead atoms. The molecule has 0 atom stereocenters. The van der Waals surface area contributed by atoms with Crippen LogP contribution in [0.1, 0.15) is 5.56 Å². The fraction of sp³-hybridized carbons (Fsp3) is 0.350. The lowest BCUT2D eigenvalue weighted by Crippen LogP contribution is -2.50. The number of piperazine rings is 1. The van der Waals surface area contributed by atoms with E-state index in [4.69, 9.17) is 27.9 Å². The Morgan fingerprint density at radius 1 is 1.10 bits per heavy atom. The standard InChI is InChI=1S/C20H23Cl2N3O4S/c1-14-6-7-18(29-2)17(12-14)23-19(26)13-24-8-10-25(11-9-24)30(27,28)20-15(21)4-3-5-16(20)22/h3-7,12H,8-11,13H2,1-2H3,(H,23,26). The zero-order valence-electron chi connectivity index (χ0n) is 16.7. The fourth-order valence-corrected chi connectivity index (χ4v) is 5.81. The van der Waals surface area contributed by atoms with E-state index in [0.717, 1.165) is 5.56 Å². The van der Waals surface area contributed by atoms with E-state index in [9.17, 15) is 13.2 Å². The molecule has 7 nitrogen and oxygen atoms in total. The summed E-state index contributed by atoms with van der Waals surface area (Å²) < 4.78 is 32.5. The van der Waals surface area contributed by atoms with Gasteiger partial charge in [-0.2, -0.15) is 4.31 Å². The summed E-state index contributed by atoms with van der Waals surface area (Å²) in [5, 5.41) is 3.05. The van der Waals surface area contributed by atoms with E-state index in [1.165, 1.54) is 16.4 Å². The Morgan fingerprint density at radius 3 is 2.33 bits per heavy atom. The number of hydrogen-bond donors (Lipinski definition) is 1. The zero-order valence-corrected chi connectivity index (χ0v) is 19.0. The average molecular weight is 472 g/mol. The second-order valence-electron chi connectivity index (χ2n) is 6.98. The van der Waals surface area contributed by atoms with E-state index < -0.39 is 10.0 Å². The first kappa shape index (κ1) is 22.8. The largest absolute Gasteiger partial charge is 0.495 e. The molecular formula is C20H23Cl2N3O4S. The van der Waals surface area contributed by atoms with Crippen LogP contribution in [-0.2, 0) is 14.8 Å². The summed E-state index contributed by atoms with van der Waals surface area (Å²) in [6.45, 7) is 3.40. The maximum atomic E-state index is 12.9. The van der Waals surface area contributed by atoms with Gasteiger partial charge in [0.05, 0.1) is 29.4 Å². The summed E-state index contributed by atoms with van der Waals surface area (Å²) in [6, 6.07) is 10.1. The molecule has 10 heteroatoms. The molecule has 30 heavy (non-hydrogen) atoms. The number of benzene rings is 2. The van der Waals surface area contributed by atoms with Crippen molar-refractivity contribution in [2.75, 3.05) is 45.2 Å². The molecule has 0 spiro atoms. The summed E-state index contributed by atoms with van der Waals surface area (Å²) in [5.74, 6) is 0.394. The van der Waals surface area contributed by atoms with Gasteiger partial charge < -0.3 is 10.1 Å². The van der Waals surface area contributed by atoms with Crippen molar-refractivity contribution in [2.24, 2.45) is 0 Å². The molecule has 1 heterocycles. The Kier molecular flexibility index (Phi) is 7.26. The molecule has 1 amide bonds. The van der Waals surface area contributed by atoms with Gasteiger partial charge in [0.1, 0.15) is 10.6 Å². The maximum absolute atomic E-state index is 12.9. The van der Waals surface area contributed by atoms with E-state index in [2.05, 4.69) is 5.32 Å². The third kappa shape index (κ3) is 5.07. The number of carbonyl (C=O) groups excluding carboxylic acids is 1. The molecule has 0 saturated carbocycles. The number of hydrogen-bond acceptors (Lipinski definition) is 5. The van der Waals surface area contributed by atoms with Crippen molar-refractivity contribution >= 4 is 44.8 Å². The number of halogens is 2. The number of amides is 1. The zero-order chi connectivity index (χ0) is 21.9. The van der Waals surface area contributed by atoms with Crippen LogP contribution >= 0.6 is 23.2 Å².